The maximum Gasteiger partial charge on any atom is 0.132 e. The second-order valence-corrected chi connectivity index (χ2v) is 3.63. The van der Waals surface area contributed by atoms with Crippen molar-refractivity contribution in [1.82, 2.24) is 0 Å². The van der Waals surface area contributed by atoms with E-state index in [1.165, 1.54) is 13.2 Å². The Bertz CT molecular complexity index is 370. The third kappa shape index (κ3) is 2.80. The van der Waals surface area contributed by atoms with Gasteiger partial charge in [0.2, 0.25) is 0 Å². The van der Waals surface area contributed by atoms with Crippen LogP contribution in [0.4, 0.5) is 4.39 Å². The van der Waals surface area contributed by atoms with Crippen molar-refractivity contribution in [1.29, 1.82) is 0 Å². The molecule has 0 saturated carbocycles. The molecule has 0 saturated heterocycles. The molecule has 0 bridgehead atoms. The molecule has 0 fully saturated rings. The lowest BCUT2D eigenvalue weighted by atomic mass is 10.0. The van der Waals surface area contributed by atoms with Crippen LogP contribution in [-0.2, 0) is 0 Å². The van der Waals surface area contributed by atoms with E-state index >= 15 is 0 Å². The highest BCUT2D eigenvalue weighted by Crippen LogP contribution is 2.27. The molecule has 0 aliphatic heterocycles. The molecule has 0 radical (unpaired) electrons. The van der Waals surface area contributed by atoms with Gasteiger partial charge in [0.1, 0.15) is 11.6 Å². The number of benzene rings is 1. The molecule has 1 aromatic carbocycles. The minimum absolute atomic E-state index is 0.334. The van der Waals surface area contributed by atoms with Gasteiger partial charge in [-0.2, -0.15) is 0 Å². The standard InChI is InChI=1S/C12H16FNO/c1-8(2)7-10(14)12-9(13)5-4-6-11(12)15-3/h4-7,10H,14H2,1-3H3. The zero-order chi connectivity index (χ0) is 11.4. The molecule has 3 heteroatoms. The Hall–Kier alpha value is -1.35. The summed E-state index contributed by atoms with van der Waals surface area (Å²) in [4.78, 5) is 0. The molecule has 0 aliphatic rings. The predicted molar refractivity (Wildman–Crippen MR) is 59.3 cm³/mol. The first kappa shape index (κ1) is 11.7. The fraction of sp³-hybridized carbons (Fsp3) is 0.333. The molecule has 0 heterocycles. The summed E-state index contributed by atoms with van der Waals surface area (Å²) in [5, 5.41) is 0. The Morgan fingerprint density at radius 2 is 2.13 bits per heavy atom. The van der Waals surface area contributed by atoms with Gasteiger partial charge in [-0.1, -0.05) is 17.7 Å². The van der Waals surface area contributed by atoms with Gasteiger partial charge < -0.3 is 10.5 Å². The van der Waals surface area contributed by atoms with Gasteiger partial charge in [-0.3, -0.25) is 0 Å². The number of rotatable bonds is 3. The summed E-state index contributed by atoms with van der Waals surface area (Å²) in [6.07, 6.45) is 1.81. The topological polar surface area (TPSA) is 35.2 Å². The van der Waals surface area contributed by atoms with Gasteiger partial charge >= 0.3 is 0 Å². The highest BCUT2D eigenvalue weighted by Gasteiger charge is 2.14. The van der Waals surface area contributed by atoms with Crippen molar-refractivity contribution in [3.05, 3.63) is 41.2 Å². The van der Waals surface area contributed by atoms with E-state index in [0.29, 0.717) is 11.3 Å². The van der Waals surface area contributed by atoms with E-state index in [0.717, 1.165) is 5.57 Å². The van der Waals surface area contributed by atoms with Crippen LogP contribution in [0.15, 0.2) is 29.8 Å². The van der Waals surface area contributed by atoms with Crippen LogP contribution in [0.2, 0.25) is 0 Å². The summed E-state index contributed by atoms with van der Waals surface area (Å²) in [7, 11) is 1.51. The molecule has 0 spiro atoms. The molecule has 1 unspecified atom stereocenters. The summed E-state index contributed by atoms with van der Waals surface area (Å²) in [6.45, 7) is 3.85. The van der Waals surface area contributed by atoms with Crippen LogP contribution < -0.4 is 10.5 Å². The van der Waals surface area contributed by atoms with E-state index in [-0.39, 0.29) is 5.82 Å². The van der Waals surface area contributed by atoms with Crippen LogP contribution in [0.25, 0.3) is 0 Å². The molecule has 1 aromatic rings. The van der Waals surface area contributed by atoms with E-state index < -0.39 is 6.04 Å². The van der Waals surface area contributed by atoms with E-state index in [1.54, 1.807) is 18.2 Å². The number of allylic oxidation sites excluding steroid dienone is 1. The molecule has 1 rings (SSSR count). The summed E-state index contributed by atoms with van der Waals surface area (Å²) >= 11 is 0. The van der Waals surface area contributed by atoms with Gasteiger partial charge in [0.15, 0.2) is 0 Å². The van der Waals surface area contributed by atoms with Crippen molar-refractivity contribution in [2.75, 3.05) is 7.11 Å². The fourth-order valence-corrected chi connectivity index (χ4v) is 1.46. The van der Waals surface area contributed by atoms with E-state index in [4.69, 9.17) is 10.5 Å². The zero-order valence-electron chi connectivity index (χ0n) is 9.25. The summed E-state index contributed by atoms with van der Waals surface area (Å²) in [5.41, 5.74) is 7.33. The van der Waals surface area contributed by atoms with Crippen LogP contribution in [0.3, 0.4) is 0 Å². The summed E-state index contributed by atoms with van der Waals surface area (Å²) in [5.74, 6) is 0.152. The summed E-state index contributed by atoms with van der Waals surface area (Å²) in [6, 6.07) is 4.23. The van der Waals surface area contributed by atoms with Gasteiger partial charge in [0, 0.05) is 0 Å². The Labute approximate surface area is 89.6 Å². The molecule has 2 nitrogen and oxygen atoms in total. The predicted octanol–water partition coefficient (Wildman–Crippen LogP) is 2.80. The number of methoxy groups -OCH3 is 1. The second-order valence-electron chi connectivity index (χ2n) is 3.63. The summed E-state index contributed by atoms with van der Waals surface area (Å²) < 4.78 is 18.6. The van der Waals surface area contributed by atoms with Gasteiger partial charge in [0.25, 0.3) is 0 Å². The molecule has 0 aromatic heterocycles. The molecule has 2 N–H and O–H groups in total. The zero-order valence-corrected chi connectivity index (χ0v) is 9.25. The first-order chi connectivity index (χ1) is 7.06. The van der Waals surface area contributed by atoms with Crippen LogP contribution in [0, 0.1) is 5.82 Å². The number of halogens is 1. The van der Waals surface area contributed by atoms with Gasteiger partial charge in [-0.15, -0.1) is 0 Å². The molecule has 0 amide bonds. The largest absolute Gasteiger partial charge is 0.496 e. The molecule has 15 heavy (non-hydrogen) atoms. The van der Waals surface area contributed by atoms with E-state index in [1.807, 2.05) is 13.8 Å². The van der Waals surface area contributed by atoms with Crippen molar-refractivity contribution in [2.45, 2.75) is 19.9 Å². The first-order valence-electron chi connectivity index (χ1n) is 4.79. The smallest absolute Gasteiger partial charge is 0.132 e. The molecule has 82 valence electrons. The van der Waals surface area contributed by atoms with Crippen LogP contribution >= 0.6 is 0 Å². The van der Waals surface area contributed by atoms with Crippen molar-refractivity contribution < 1.29 is 9.13 Å². The van der Waals surface area contributed by atoms with E-state index in [2.05, 4.69) is 0 Å². The second kappa shape index (κ2) is 4.94. The maximum atomic E-state index is 13.5. The lowest BCUT2D eigenvalue weighted by Gasteiger charge is -2.13. The Kier molecular flexibility index (Phi) is 3.86. The lowest BCUT2D eigenvalue weighted by molar-refractivity contribution is 0.402. The third-order valence-corrected chi connectivity index (χ3v) is 2.08. The van der Waals surface area contributed by atoms with E-state index in [9.17, 15) is 4.39 Å². The minimum Gasteiger partial charge on any atom is -0.496 e. The highest BCUT2D eigenvalue weighted by molar-refractivity contribution is 5.39. The normalized spacial score (nSPS) is 12.1. The van der Waals surface area contributed by atoms with Crippen LogP contribution in [0.1, 0.15) is 25.5 Å². The molecular formula is C12H16FNO. The van der Waals surface area contributed by atoms with Crippen molar-refractivity contribution >= 4 is 0 Å². The van der Waals surface area contributed by atoms with Crippen molar-refractivity contribution in [2.24, 2.45) is 5.73 Å². The minimum atomic E-state index is -0.467. The van der Waals surface area contributed by atoms with Crippen molar-refractivity contribution in [3.63, 3.8) is 0 Å². The number of nitrogens with two attached hydrogens (primary N) is 1. The van der Waals surface area contributed by atoms with Gasteiger partial charge in [-0.05, 0) is 26.0 Å². The fourth-order valence-electron chi connectivity index (χ4n) is 1.46. The van der Waals surface area contributed by atoms with Crippen LogP contribution in [-0.4, -0.2) is 7.11 Å². The third-order valence-electron chi connectivity index (χ3n) is 2.08. The quantitative estimate of drug-likeness (QED) is 0.777. The molecular weight excluding hydrogens is 193 g/mol. The average Bonchev–Trinajstić information content (AvgIpc) is 2.15. The Morgan fingerprint density at radius 3 is 2.67 bits per heavy atom. The maximum absolute atomic E-state index is 13.5. The Balaban J connectivity index is 3.17. The number of hydrogen-bond donors (Lipinski definition) is 1. The molecule has 1 atom stereocenters. The number of ether oxygens (including phenoxy) is 1. The lowest BCUT2D eigenvalue weighted by Crippen LogP contribution is -2.11. The molecule has 0 aliphatic carbocycles. The average molecular weight is 209 g/mol. The van der Waals surface area contributed by atoms with Crippen molar-refractivity contribution in [3.8, 4) is 5.75 Å². The van der Waals surface area contributed by atoms with Gasteiger partial charge in [0.05, 0.1) is 18.7 Å². The Morgan fingerprint density at radius 1 is 1.47 bits per heavy atom. The van der Waals surface area contributed by atoms with Crippen LogP contribution in [0.5, 0.6) is 5.75 Å². The monoisotopic (exact) mass is 209 g/mol. The first-order valence-corrected chi connectivity index (χ1v) is 4.79. The number of hydrogen-bond acceptors (Lipinski definition) is 2. The highest BCUT2D eigenvalue weighted by atomic mass is 19.1. The SMILES string of the molecule is COc1cccc(F)c1C(N)C=C(C)C. The van der Waals surface area contributed by atoms with Gasteiger partial charge in [-0.25, -0.2) is 4.39 Å².